The van der Waals surface area contributed by atoms with Crippen molar-refractivity contribution in [3.8, 4) is 0 Å². The van der Waals surface area contributed by atoms with Gasteiger partial charge in [0.25, 0.3) is 5.95 Å². The summed E-state index contributed by atoms with van der Waals surface area (Å²) in [4.78, 5) is 0. The van der Waals surface area contributed by atoms with Crippen molar-refractivity contribution in [2.24, 2.45) is 5.92 Å². The lowest BCUT2D eigenvalue weighted by Crippen LogP contribution is -2.26. The second kappa shape index (κ2) is 5.70. The molecule has 0 aromatic carbocycles. The summed E-state index contributed by atoms with van der Waals surface area (Å²) in [5.74, 6) is 0.835. The molecule has 1 N–H and O–H groups in total. The van der Waals surface area contributed by atoms with Crippen molar-refractivity contribution in [2.45, 2.75) is 26.4 Å². The third kappa shape index (κ3) is 3.07. The predicted octanol–water partition coefficient (Wildman–Crippen LogP) is 1.84. The molecule has 0 amide bonds. The molecule has 1 rings (SSSR count). The molecule has 0 aromatic rings. The molecule has 1 aliphatic rings. The van der Waals surface area contributed by atoms with Gasteiger partial charge in [0.15, 0.2) is 0 Å². The lowest BCUT2D eigenvalue weighted by atomic mass is 10.0. The predicted molar refractivity (Wildman–Crippen MR) is 54.6 cm³/mol. The van der Waals surface area contributed by atoms with Crippen molar-refractivity contribution in [1.82, 2.24) is 0 Å². The summed E-state index contributed by atoms with van der Waals surface area (Å²) in [5.41, 5.74) is 0. The van der Waals surface area contributed by atoms with Crippen LogP contribution in [0, 0.1) is 5.92 Å². The highest BCUT2D eigenvalue weighted by molar-refractivity contribution is 5.08. The average molecular weight is 198 g/mol. The number of hydrogen-bond acceptors (Lipinski definition) is 3. The summed E-state index contributed by atoms with van der Waals surface area (Å²) >= 11 is 0. The van der Waals surface area contributed by atoms with Crippen molar-refractivity contribution < 1.29 is 14.6 Å². The number of aliphatic hydroxyl groups is 1. The molecule has 0 radical (unpaired) electrons. The van der Waals surface area contributed by atoms with Crippen LogP contribution in [0.15, 0.2) is 24.2 Å². The molecule has 1 unspecified atom stereocenters. The van der Waals surface area contributed by atoms with Crippen molar-refractivity contribution in [2.75, 3.05) is 13.2 Å². The second-order valence-corrected chi connectivity index (χ2v) is 3.45. The minimum atomic E-state index is -0.169. The highest BCUT2D eigenvalue weighted by Gasteiger charge is 2.18. The zero-order chi connectivity index (χ0) is 10.4. The summed E-state index contributed by atoms with van der Waals surface area (Å²) in [6, 6.07) is 0. The zero-order valence-electron chi connectivity index (χ0n) is 8.77. The molecule has 80 valence electrons. The van der Waals surface area contributed by atoms with Crippen molar-refractivity contribution in [3.05, 3.63) is 24.2 Å². The molecule has 0 aliphatic carbocycles. The molecule has 0 saturated carbocycles. The maximum atomic E-state index is 9.13. The Balaban J connectivity index is 2.47. The van der Waals surface area contributed by atoms with E-state index in [0.29, 0.717) is 18.5 Å². The number of rotatable bonds is 5. The Kier molecular flexibility index (Phi) is 4.53. The molecule has 0 aromatic heterocycles. The summed E-state index contributed by atoms with van der Waals surface area (Å²) in [6.07, 6.45) is 6.38. The minimum absolute atomic E-state index is 0.0272. The zero-order valence-corrected chi connectivity index (χ0v) is 8.77. The Bertz CT molecular complexity index is 221. The lowest BCUT2D eigenvalue weighted by molar-refractivity contribution is -0.0472. The average Bonchev–Trinajstić information content (AvgIpc) is 2.26. The van der Waals surface area contributed by atoms with Crippen molar-refractivity contribution in [3.63, 3.8) is 0 Å². The van der Waals surface area contributed by atoms with Gasteiger partial charge in [0.1, 0.15) is 12.7 Å². The molecular weight excluding hydrogens is 180 g/mol. The maximum Gasteiger partial charge on any atom is 0.279 e. The lowest BCUT2D eigenvalue weighted by Gasteiger charge is -2.24. The first-order valence-electron chi connectivity index (χ1n) is 5.05. The van der Waals surface area contributed by atoms with Crippen LogP contribution < -0.4 is 0 Å². The van der Waals surface area contributed by atoms with E-state index >= 15 is 0 Å². The molecule has 1 heterocycles. The van der Waals surface area contributed by atoms with E-state index in [0.717, 1.165) is 6.42 Å². The van der Waals surface area contributed by atoms with Crippen LogP contribution in [0.4, 0.5) is 0 Å². The van der Waals surface area contributed by atoms with E-state index in [4.69, 9.17) is 14.6 Å². The van der Waals surface area contributed by atoms with Gasteiger partial charge in [-0.05, 0) is 18.4 Å². The molecule has 3 nitrogen and oxygen atoms in total. The topological polar surface area (TPSA) is 38.7 Å². The molecule has 14 heavy (non-hydrogen) atoms. The fourth-order valence-corrected chi connectivity index (χ4v) is 1.20. The molecular formula is C11H18O3. The SMILES string of the molecule is CC[C@H](C)C(CO)OC1=CC=CCO1. The van der Waals surface area contributed by atoms with Gasteiger partial charge in [-0.15, -0.1) is 0 Å². The standard InChI is InChI=1S/C11H18O3/c1-3-9(2)10(8-12)14-11-6-4-5-7-13-11/h4-6,9-10,12H,3,7-8H2,1-2H3/t9-,10?/m0/s1. The second-order valence-electron chi connectivity index (χ2n) is 3.45. The monoisotopic (exact) mass is 198 g/mol. The van der Waals surface area contributed by atoms with Crippen LogP contribution in [0.1, 0.15) is 20.3 Å². The fourth-order valence-electron chi connectivity index (χ4n) is 1.20. The van der Waals surface area contributed by atoms with Gasteiger partial charge in [-0.2, -0.15) is 0 Å². The molecule has 0 bridgehead atoms. The molecule has 2 atom stereocenters. The van der Waals surface area contributed by atoms with E-state index in [1.807, 2.05) is 12.2 Å². The van der Waals surface area contributed by atoms with Crippen LogP contribution in [0.5, 0.6) is 0 Å². The van der Waals surface area contributed by atoms with E-state index < -0.39 is 0 Å². The molecule has 3 heteroatoms. The third-order valence-electron chi connectivity index (χ3n) is 2.42. The highest BCUT2D eigenvalue weighted by atomic mass is 16.7. The van der Waals surface area contributed by atoms with E-state index in [2.05, 4.69) is 13.8 Å². The fraction of sp³-hybridized carbons (Fsp3) is 0.636. The number of hydrogen-bond donors (Lipinski definition) is 1. The highest BCUT2D eigenvalue weighted by Crippen LogP contribution is 2.16. The largest absolute Gasteiger partial charge is 0.461 e. The normalized spacial score (nSPS) is 19.5. The van der Waals surface area contributed by atoms with E-state index in [9.17, 15) is 0 Å². The van der Waals surface area contributed by atoms with Crippen LogP contribution in [0.25, 0.3) is 0 Å². The van der Waals surface area contributed by atoms with Gasteiger partial charge >= 0.3 is 0 Å². The Hall–Kier alpha value is -0.960. The molecule has 0 saturated heterocycles. The Morgan fingerprint density at radius 2 is 2.43 bits per heavy atom. The quantitative estimate of drug-likeness (QED) is 0.732. The van der Waals surface area contributed by atoms with Gasteiger partial charge in [-0.25, -0.2) is 0 Å². The van der Waals surface area contributed by atoms with Gasteiger partial charge in [-0.1, -0.05) is 19.9 Å². The van der Waals surface area contributed by atoms with Crippen LogP contribution in [-0.2, 0) is 9.47 Å². The van der Waals surface area contributed by atoms with E-state index in [1.165, 1.54) is 0 Å². The Morgan fingerprint density at radius 3 is 2.93 bits per heavy atom. The van der Waals surface area contributed by atoms with Gasteiger partial charge in [-0.3, -0.25) is 0 Å². The Labute approximate surface area is 85.0 Å². The first-order valence-corrected chi connectivity index (χ1v) is 5.05. The first-order chi connectivity index (χ1) is 6.77. The van der Waals surface area contributed by atoms with Gasteiger partial charge in [0.2, 0.25) is 0 Å². The smallest absolute Gasteiger partial charge is 0.279 e. The number of aliphatic hydroxyl groups excluding tert-OH is 1. The van der Waals surface area contributed by atoms with E-state index in [-0.39, 0.29) is 12.7 Å². The minimum Gasteiger partial charge on any atom is -0.461 e. The molecule has 0 spiro atoms. The molecule has 0 fully saturated rings. The van der Waals surface area contributed by atoms with E-state index in [1.54, 1.807) is 6.08 Å². The summed E-state index contributed by atoms with van der Waals surface area (Å²) in [7, 11) is 0. The summed E-state index contributed by atoms with van der Waals surface area (Å²) in [5, 5.41) is 9.13. The van der Waals surface area contributed by atoms with Crippen LogP contribution >= 0.6 is 0 Å². The van der Waals surface area contributed by atoms with Crippen LogP contribution in [-0.4, -0.2) is 24.4 Å². The Morgan fingerprint density at radius 1 is 1.64 bits per heavy atom. The van der Waals surface area contributed by atoms with Gasteiger partial charge < -0.3 is 14.6 Å². The van der Waals surface area contributed by atoms with Gasteiger partial charge in [0.05, 0.1) is 6.61 Å². The number of allylic oxidation sites excluding steroid dienone is 2. The summed E-state index contributed by atoms with van der Waals surface area (Å²) < 4.78 is 10.8. The van der Waals surface area contributed by atoms with Gasteiger partial charge in [0, 0.05) is 6.08 Å². The van der Waals surface area contributed by atoms with Crippen molar-refractivity contribution in [1.29, 1.82) is 0 Å². The van der Waals surface area contributed by atoms with Crippen LogP contribution in [0.3, 0.4) is 0 Å². The van der Waals surface area contributed by atoms with Crippen molar-refractivity contribution >= 4 is 0 Å². The third-order valence-corrected chi connectivity index (χ3v) is 2.42. The summed E-state index contributed by atoms with van der Waals surface area (Å²) in [6.45, 7) is 4.71. The number of ether oxygens (including phenoxy) is 2. The molecule has 1 aliphatic heterocycles. The maximum absolute atomic E-state index is 9.13. The first kappa shape index (κ1) is 11.1. The van der Waals surface area contributed by atoms with Crippen LogP contribution in [0.2, 0.25) is 0 Å².